The zero-order valence-electron chi connectivity index (χ0n) is 9.96. The molecule has 1 saturated carbocycles. The summed E-state index contributed by atoms with van der Waals surface area (Å²) in [4.78, 5) is 15.4. The lowest BCUT2D eigenvalue weighted by molar-refractivity contribution is 0.0661. The number of rotatable bonds is 3. The molecule has 1 aliphatic rings. The second-order valence-electron chi connectivity index (χ2n) is 4.51. The standard InChI is InChI=1S/C14H10N2O3/c15-7-8-2-1-3-10(6-8)13-16-11(9-4-5-9)12(19-13)14(17)18/h1-3,6,9H,4-5H2,(H,17,18). The molecule has 1 N–H and O–H groups in total. The van der Waals surface area contributed by atoms with Crippen molar-refractivity contribution in [3.63, 3.8) is 0 Å². The summed E-state index contributed by atoms with van der Waals surface area (Å²) >= 11 is 0. The molecule has 1 fully saturated rings. The summed E-state index contributed by atoms with van der Waals surface area (Å²) < 4.78 is 5.34. The topological polar surface area (TPSA) is 87.1 Å². The molecular weight excluding hydrogens is 244 g/mol. The van der Waals surface area contributed by atoms with Gasteiger partial charge >= 0.3 is 5.97 Å². The van der Waals surface area contributed by atoms with Crippen molar-refractivity contribution in [3.8, 4) is 17.5 Å². The molecule has 19 heavy (non-hydrogen) atoms. The number of nitriles is 1. The van der Waals surface area contributed by atoms with E-state index in [0.29, 0.717) is 16.8 Å². The molecule has 5 heteroatoms. The van der Waals surface area contributed by atoms with Crippen LogP contribution in [0, 0.1) is 11.3 Å². The molecule has 3 rings (SSSR count). The van der Waals surface area contributed by atoms with Crippen LogP contribution in [0.2, 0.25) is 0 Å². The molecular formula is C14H10N2O3. The Kier molecular flexibility index (Phi) is 2.57. The van der Waals surface area contributed by atoms with Crippen molar-refractivity contribution in [1.82, 2.24) is 4.98 Å². The molecule has 0 amide bonds. The highest BCUT2D eigenvalue weighted by molar-refractivity contribution is 5.86. The Labute approximate surface area is 109 Å². The minimum Gasteiger partial charge on any atom is -0.475 e. The quantitative estimate of drug-likeness (QED) is 0.909. The van der Waals surface area contributed by atoms with Crippen LogP contribution in [-0.2, 0) is 0 Å². The van der Waals surface area contributed by atoms with Crippen LogP contribution in [0.4, 0.5) is 0 Å². The Morgan fingerprint density at radius 2 is 2.26 bits per heavy atom. The van der Waals surface area contributed by atoms with E-state index in [9.17, 15) is 4.79 Å². The fourth-order valence-corrected chi connectivity index (χ4v) is 1.96. The van der Waals surface area contributed by atoms with E-state index in [1.165, 1.54) is 0 Å². The van der Waals surface area contributed by atoms with Crippen molar-refractivity contribution >= 4 is 5.97 Å². The zero-order valence-corrected chi connectivity index (χ0v) is 9.96. The van der Waals surface area contributed by atoms with Crippen LogP contribution < -0.4 is 0 Å². The third kappa shape index (κ3) is 2.08. The largest absolute Gasteiger partial charge is 0.475 e. The van der Waals surface area contributed by atoms with E-state index >= 15 is 0 Å². The number of benzene rings is 1. The number of oxazole rings is 1. The van der Waals surface area contributed by atoms with E-state index in [4.69, 9.17) is 14.8 Å². The van der Waals surface area contributed by atoms with Crippen molar-refractivity contribution in [1.29, 1.82) is 5.26 Å². The minimum absolute atomic E-state index is 0.0835. The number of hydrogen-bond acceptors (Lipinski definition) is 4. The summed E-state index contributed by atoms with van der Waals surface area (Å²) in [6, 6.07) is 8.80. The summed E-state index contributed by atoms with van der Waals surface area (Å²) in [5.41, 5.74) is 1.62. The SMILES string of the molecule is N#Cc1cccc(-c2nc(C3CC3)c(C(=O)O)o2)c1. The first-order valence-electron chi connectivity index (χ1n) is 5.93. The zero-order chi connectivity index (χ0) is 13.4. The Morgan fingerprint density at radius 1 is 1.47 bits per heavy atom. The average molecular weight is 254 g/mol. The average Bonchev–Trinajstić information content (AvgIpc) is 3.17. The van der Waals surface area contributed by atoms with Crippen LogP contribution in [0.25, 0.3) is 11.5 Å². The van der Waals surface area contributed by atoms with Gasteiger partial charge in [-0.15, -0.1) is 0 Å². The molecule has 0 aliphatic heterocycles. The molecule has 0 atom stereocenters. The maximum Gasteiger partial charge on any atom is 0.373 e. The first kappa shape index (κ1) is 11.5. The first-order valence-corrected chi connectivity index (χ1v) is 5.93. The number of carboxylic acids is 1. The third-order valence-corrected chi connectivity index (χ3v) is 3.05. The molecule has 1 aliphatic carbocycles. The van der Waals surface area contributed by atoms with Crippen LogP contribution in [0.1, 0.15) is 40.6 Å². The Morgan fingerprint density at radius 3 is 2.89 bits per heavy atom. The Hall–Kier alpha value is -2.61. The van der Waals surface area contributed by atoms with Crippen LogP contribution in [0.3, 0.4) is 0 Å². The molecule has 1 heterocycles. The summed E-state index contributed by atoms with van der Waals surface area (Å²) in [6.45, 7) is 0. The lowest BCUT2D eigenvalue weighted by Gasteiger charge is -1.94. The minimum atomic E-state index is -1.10. The smallest absolute Gasteiger partial charge is 0.373 e. The van der Waals surface area contributed by atoms with Gasteiger partial charge in [0.2, 0.25) is 11.7 Å². The van der Waals surface area contributed by atoms with Crippen LogP contribution in [0.15, 0.2) is 28.7 Å². The summed E-state index contributed by atoms with van der Waals surface area (Å²) in [5, 5.41) is 18.0. The highest BCUT2D eigenvalue weighted by atomic mass is 16.4. The number of carboxylic acid groups (broad SMARTS) is 1. The van der Waals surface area contributed by atoms with Crippen molar-refractivity contribution in [2.75, 3.05) is 0 Å². The van der Waals surface area contributed by atoms with Gasteiger partial charge < -0.3 is 9.52 Å². The molecule has 2 aromatic rings. The molecule has 94 valence electrons. The van der Waals surface area contributed by atoms with E-state index in [-0.39, 0.29) is 17.6 Å². The molecule has 0 unspecified atom stereocenters. The predicted molar refractivity (Wildman–Crippen MR) is 65.6 cm³/mol. The van der Waals surface area contributed by atoms with E-state index in [2.05, 4.69) is 4.98 Å². The molecule has 0 radical (unpaired) electrons. The monoisotopic (exact) mass is 254 g/mol. The number of aromatic nitrogens is 1. The summed E-state index contributed by atoms with van der Waals surface area (Å²) in [7, 11) is 0. The molecule has 0 saturated heterocycles. The summed E-state index contributed by atoms with van der Waals surface area (Å²) in [5.74, 6) is -0.726. The van der Waals surface area contributed by atoms with Crippen LogP contribution >= 0.6 is 0 Å². The maximum absolute atomic E-state index is 11.1. The van der Waals surface area contributed by atoms with Gasteiger partial charge in [0.15, 0.2) is 0 Å². The van der Waals surface area contributed by atoms with Gasteiger partial charge in [0, 0.05) is 11.5 Å². The molecule has 1 aromatic carbocycles. The number of aromatic carboxylic acids is 1. The fraction of sp³-hybridized carbons (Fsp3) is 0.214. The first-order chi connectivity index (χ1) is 9.19. The van der Waals surface area contributed by atoms with Gasteiger partial charge in [-0.25, -0.2) is 9.78 Å². The molecule has 1 aromatic heterocycles. The van der Waals surface area contributed by atoms with Crippen molar-refractivity contribution < 1.29 is 14.3 Å². The van der Waals surface area contributed by atoms with Crippen molar-refractivity contribution in [2.45, 2.75) is 18.8 Å². The maximum atomic E-state index is 11.1. The van der Waals surface area contributed by atoms with Gasteiger partial charge in [-0.2, -0.15) is 5.26 Å². The van der Waals surface area contributed by atoms with E-state index in [1.54, 1.807) is 24.3 Å². The predicted octanol–water partition coefficient (Wildman–Crippen LogP) is 2.79. The number of carbonyl (C=O) groups is 1. The van der Waals surface area contributed by atoms with E-state index < -0.39 is 5.97 Å². The Bertz CT molecular complexity index is 693. The second kappa shape index (κ2) is 4.25. The Balaban J connectivity index is 2.07. The number of nitrogens with zero attached hydrogens (tertiary/aromatic N) is 2. The third-order valence-electron chi connectivity index (χ3n) is 3.05. The van der Waals surface area contributed by atoms with Gasteiger partial charge in [-0.3, -0.25) is 0 Å². The molecule has 0 spiro atoms. The lowest BCUT2D eigenvalue weighted by atomic mass is 10.1. The van der Waals surface area contributed by atoms with Crippen LogP contribution in [-0.4, -0.2) is 16.1 Å². The lowest BCUT2D eigenvalue weighted by Crippen LogP contribution is -1.98. The summed E-state index contributed by atoms with van der Waals surface area (Å²) in [6.07, 6.45) is 1.90. The second-order valence-corrected chi connectivity index (χ2v) is 4.51. The van der Waals surface area contributed by atoms with Gasteiger partial charge in [0.05, 0.1) is 17.3 Å². The van der Waals surface area contributed by atoms with Gasteiger partial charge in [0.1, 0.15) is 0 Å². The van der Waals surface area contributed by atoms with Gasteiger partial charge in [-0.1, -0.05) is 6.07 Å². The number of hydrogen-bond donors (Lipinski definition) is 1. The van der Waals surface area contributed by atoms with Crippen molar-refractivity contribution in [3.05, 3.63) is 41.3 Å². The molecule has 0 bridgehead atoms. The van der Waals surface area contributed by atoms with Crippen molar-refractivity contribution in [2.24, 2.45) is 0 Å². The van der Waals surface area contributed by atoms with E-state index in [0.717, 1.165) is 12.8 Å². The van der Waals surface area contributed by atoms with E-state index in [1.807, 2.05) is 6.07 Å². The van der Waals surface area contributed by atoms with Crippen LogP contribution in [0.5, 0.6) is 0 Å². The highest BCUT2D eigenvalue weighted by Crippen LogP contribution is 2.42. The van der Waals surface area contributed by atoms with Gasteiger partial charge in [-0.05, 0) is 31.0 Å². The normalized spacial score (nSPS) is 14.1. The highest BCUT2D eigenvalue weighted by Gasteiger charge is 2.33. The molecule has 5 nitrogen and oxygen atoms in total. The van der Waals surface area contributed by atoms with Gasteiger partial charge in [0.25, 0.3) is 0 Å². The fourth-order valence-electron chi connectivity index (χ4n) is 1.96.